The van der Waals surface area contributed by atoms with Gasteiger partial charge in [-0.3, -0.25) is 0 Å². The first kappa shape index (κ1) is 13.4. The van der Waals surface area contributed by atoms with Gasteiger partial charge in [0.2, 0.25) is 0 Å². The van der Waals surface area contributed by atoms with Crippen molar-refractivity contribution in [2.24, 2.45) is 5.92 Å². The zero-order chi connectivity index (χ0) is 14.9. The molecule has 0 aromatic carbocycles. The van der Waals surface area contributed by atoms with Gasteiger partial charge in [-0.2, -0.15) is 5.10 Å². The molecule has 22 heavy (non-hydrogen) atoms. The van der Waals surface area contributed by atoms with Crippen LogP contribution in [0.4, 0.5) is 11.6 Å². The maximum absolute atomic E-state index is 4.34. The van der Waals surface area contributed by atoms with Crippen LogP contribution < -0.4 is 10.2 Å². The van der Waals surface area contributed by atoms with E-state index in [1.807, 2.05) is 24.4 Å². The molecule has 0 saturated carbocycles. The quantitative estimate of drug-likeness (QED) is 0.797. The van der Waals surface area contributed by atoms with E-state index in [1.165, 1.54) is 0 Å². The van der Waals surface area contributed by atoms with Crippen LogP contribution in [0.15, 0.2) is 29.9 Å². The first-order valence-corrected chi connectivity index (χ1v) is 8.15. The zero-order valence-electron chi connectivity index (χ0n) is 12.2. The van der Waals surface area contributed by atoms with Crippen LogP contribution in [0.3, 0.4) is 0 Å². The topological polar surface area (TPSA) is 66.8 Å². The zero-order valence-corrected chi connectivity index (χ0v) is 13.0. The van der Waals surface area contributed by atoms with Crippen molar-refractivity contribution in [3.8, 4) is 0 Å². The standard InChI is InChI=1S/C15H16N6S/c1-10-2-3-13(20-19-10)21-7-11(8-21)6-16-14-12-4-5-22-15(12)18-9-17-14/h2-5,9,11H,6-8H2,1H3,(H,16,17,18). The van der Waals surface area contributed by atoms with Crippen molar-refractivity contribution in [3.63, 3.8) is 0 Å². The van der Waals surface area contributed by atoms with Gasteiger partial charge in [-0.15, -0.1) is 16.4 Å². The summed E-state index contributed by atoms with van der Waals surface area (Å²) >= 11 is 1.64. The number of hydrogen-bond donors (Lipinski definition) is 1. The average Bonchev–Trinajstić information content (AvgIpc) is 2.96. The molecule has 4 heterocycles. The predicted molar refractivity (Wildman–Crippen MR) is 88.4 cm³/mol. The number of anilines is 2. The van der Waals surface area contributed by atoms with Gasteiger partial charge in [0.1, 0.15) is 17.0 Å². The van der Waals surface area contributed by atoms with E-state index in [9.17, 15) is 0 Å². The average molecular weight is 312 g/mol. The lowest BCUT2D eigenvalue weighted by atomic mass is 10.0. The molecule has 0 atom stereocenters. The van der Waals surface area contributed by atoms with Crippen LogP contribution in [0.25, 0.3) is 10.2 Å². The van der Waals surface area contributed by atoms with Gasteiger partial charge in [0.15, 0.2) is 5.82 Å². The minimum absolute atomic E-state index is 0.603. The highest BCUT2D eigenvalue weighted by Gasteiger charge is 2.27. The molecule has 0 bridgehead atoms. The maximum atomic E-state index is 4.34. The molecule has 3 aromatic heterocycles. The van der Waals surface area contributed by atoms with E-state index >= 15 is 0 Å². The molecule has 7 heteroatoms. The van der Waals surface area contributed by atoms with E-state index in [0.717, 1.165) is 47.2 Å². The highest BCUT2D eigenvalue weighted by Crippen LogP contribution is 2.26. The number of rotatable bonds is 4. The van der Waals surface area contributed by atoms with Gasteiger partial charge in [-0.1, -0.05) is 0 Å². The summed E-state index contributed by atoms with van der Waals surface area (Å²) in [6.07, 6.45) is 1.62. The molecule has 112 valence electrons. The molecule has 1 aliphatic heterocycles. The van der Waals surface area contributed by atoms with Gasteiger partial charge in [0.25, 0.3) is 0 Å². The molecule has 1 fully saturated rings. The predicted octanol–water partition coefficient (Wildman–Crippen LogP) is 2.34. The first-order chi connectivity index (χ1) is 10.8. The number of fused-ring (bicyclic) bond motifs is 1. The second-order valence-electron chi connectivity index (χ2n) is 5.55. The second kappa shape index (κ2) is 5.49. The lowest BCUT2D eigenvalue weighted by Gasteiger charge is -2.40. The van der Waals surface area contributed by atoms with Crippen molar-refractivity contribution >= 4 is 33.2 Å². The van der Waals surface area contributed by atoms with Crippen molar-refractivity contribution in [3.05, 3.63) is 35.6 Å². The van der Waals surface area contributed by atoms with Crippen molar-refractivity contribution in [1.29, 1.82) is 0 Å². The van der Waals surface area contributed by atoms with Crippen LogP contribution in [0.1, 0.15) is 5.69 Å². The van der Waals surface area contributed by atoms with Crippen molar-refractivity contribution in [2.45, 2.75) is 6.92 Å². The molecule has 1 N–H and O–H groups in total. The molecular weight excluding hydrogens is 296 g/mol. The van der Waals surface area contributed by atoms with Crippen molar-refractivity contribution in [2.75, 3.05) is 29.9 Å². The second-order valence-corrected chi connectivity index (χ2v) is 6.44. The monoisotopic (exact) mass is 312 g/mol. The Morgan fingerprint density at radius 2 is 2.14 bits per heavy atom. The fraction of sp³-hybridized carbons (Fsp3) is 0.333. The Hall–Kier alpha value is -2.28. The van der Waals surface area contributed by atoms with E-state index < -0.39 is 0 Å². The Balaban J connectivity index is 1.35. The number of aryl methyl sites for hydroxylation is 1. The summed E-state index contributed by atoms with van der Waals surface area (Å²) in [6.45, 7) is 4.87. The fourth-order valence-electron chi connectivity index (χ4n) is 2.62. The Bertz CT molecular complexity index is 778. The van der Waals surface area contributed by atoms with Crippen LogP contribution >= 0.6 is 11.3 Å². The van der Waals surface area contributed by atoms with Crippen molar-refractivity contribution in [1.82, 2.24) is 20.2 Å². The number of thiophene rings is 1. The summed E-state index contributed by atoms with van der Waals surface area (Å²) in [5.41, 5.74) is 0.950. The van der Waals surface area contributed by atoms with Gasteiger partial charge in [0.05, 0.1) is 11.1 Å². The van der Waals surface area contributed by atoms with Crippen molar-refractivity contribution < 1.29 is 0 Å². The summed E-state index contributed by atoms with van der Waals surface area (Å²) < 4.78 is 0. The molecule has 4 rings (SSSR count). The maximum Gasteiger partial charge on any atom is 0.151 e. The Kier molecular flexibility index (Phi) is 3.34. The molecule has 3 aromatic rings. The van der Waals surface area contributed by atoms with Gasteiger partial charge in [-0.05, 0) is 30.5 Å². The number of aromatic nitrogens is 4. The van der Waals surface area contributed by atoms with Gasteiger partial charge in [0, 0.05) is 25.6 Å². The third kappa shape index (κ3) is 2.48. The smallest absolute Gasteiger partial charge is 0.151 e. The fourth-order valence-corrected chi connectivity index (χ4v) is 3.35. The third-order valence-corrected chi connectivity index (χ3v) is 4.71. The molecule has 0 aliphatic carbocycles. The molecule has 6 nitrogen and oxygen atoms in total. The first-order valence-electron chi connectivity index (χ1n) is 7.27. The summed E-state index contributed by atoms with van der Waals surface area (Å²) in [4.78, 5) is 11.9. The molecule has 0 unspecified atom stereocenters. The van der Waals surface area contributed by atoms with E-state index in [-0.39, 0.29) is 0 Å². The van der Waals surface area contributed by atoms with E-state index in [1.54, 1.807) is 17.7 Å². The minimum Gasteiger partial charge on any atom is -0.369 e. The summed E-state index contributed by atoms with van der Waals surface area (Å²) in [5.74, 6) is 2.50. The number of nitrogens with one attached hydrogen (secondary N) is 1. The number of hydrogen-bond acceptors (Lipinski definition) is 7. The van der Waals surface area contributed by atoms with E-state index in [0.29, 0.717) is 5.92 Å². The summed E-state index contributed by atoms with van der Waals surface area (Å²) in [5, 5.41) is 14.9. The lowest BCUT2D eigenvalue weighted by molar-refractivity contribution is 0.425. The molecule has 0 amide bonds. The van der Waals surface area contributed by atoms with Gasteiger partial charge in [-0.25, -0.2) is 9.97 Å². The Morgan fingerprint density at radius 1 is 1.23 bits per heavy atom. The van der Waals surface area contributed by atoms with Gasteiger partial charge >= 0.3 is 0 Å². The largest absolute Gasteiger partial charge is 0.369 e. The third-order valence-electron chi connectivity index (χ3n) is 3.88. The van der Waals surface area contributed by atoms with E-state index in [4.69, 9.17) is 0 Å². The van der Waals surface area contributed by atoms with Crippen LogP contribution in [0.2, 0.25) is 0 Å². The molecule has 0 spiro atoms. The van der Waals surface area contributed by atoms with Crippen LogP contribution in [0.5, 0.6) is 0 Å². The highest BCUT2D eigenvalue weighted by molar-refractivity contribution is 7.16. The molecule has 1 aliphatic rings. The Labute approximate surface area is 132 Å². The lowest BCUT2D eigenvalue weighted by Crippen LogP contribution is -2.50. The molecular formula is C15H16N6S. The highest BCUT2D eigenvalue weighted by atomic mass is 32.1. The van der Waals surface area contributed by atoms with E-state index in [2.05, 4.69) is 36.4 Å². The van der Waals surface area contributed by atoms with Crippen LogP contribution in [-0.4, -0.2) is 39.8 Å². The molecule has 0 radical (unpaired) electrons. The number of nitrogens with zero attached hydrogens (tertiary/aromatic N) is 5. The van der Waals surface area contributed by atoms with Crippen LogP contribution in [0, 0.1) is 12.8 Å². The minimum atomic E-state index is 0.603. The van der Waals surface area contributed by atoms with Crippen LogP contribution in [-0.2, 0) is 0 Å². The normalized spacial score (nSPS) is 15.0. The molecule has 1 saturated heterocycles. The summed E-state index contributed by atoms with van der Waals surface area (Å²) in [7, 11) is 0. The van der Waals surface area contributed by atoms with Gasteiger partial charge < -0.3 is 10.2 Å². The SMILES string of the molecule is Cc1ccc(N2CC(CNc3ncnc4sccc34)C2)nn1. The summed E-state index contributed by atoms with van der Waals surface area (Å²) in [6, 6.07) is 6.10. The Morgan fingerprint density at radius 3 is 2.95 bits per heavy atom.